The summed E-state index contributed by atoms with van der Waals surface area (Å²) in [6, 6.07) is 0. The van der Waals surface area contributed by atoms with Crippen molar-refractivity contribution in [2.45, 2.75) is 111 Å². The van der Waals surface area contributed by atoms with E-state index in [1.54, 1.807) is 0 Å². The van der Waals surface area contributed by atoms with Crippen molar-refractivity contribution in [2.24, 2.45) is 5.41 Å². The van der Waals surface area contributed by atoms with Crippen molar-refractivity contribution < 1.29 is 4.43 Å². The molecule has 0 aromatic rings. The fourth-order valence-corrected chi connectivity index (χ4v) is 3.41. The van der Waals surface area contributed by atoms with Gasteiger partial charge in [-0.2, -0.15) is 0 Å². The molecule has 0 aromatic heterocycles. The zero-order valence-electron chi connectivity index (χ0n) is 15.0. The van der Waals surface area contributed by atoms with Gasteiger partial charge in [0.2, 0.25) is 0 Å². The first-order valence-corrected chi connectivity index (χ1v) is 9.89. The SMILES string of the molecule is CCCCCCCCCCCCCC(C)(C)C(C)O[SiH3]. The van der Waals surface area contributed by atoms with Crippen LogP contribution in [0.3, 0.4) is 0 Å². The molecule has 0 bridgehead atoms. The first-order chi connectivity index (χ1) is 9.54. The molecule has 0 rings (SSSR count). The molecule has 0 amide bonds. The first kappa shape index (κ1) is 20.2. The van der Waals surface area contributed by atoms with Crippen LogP contribution in [0.5, 0.6) is 0 Å². The van der Waals surface area contributed by atoms with Crippen molar-refractivity contribution in [2.75, 3.05) is 0 Å². The molecule has 0 saturated carbocycles. The third kappa shape index (κ3) is 10.9. The summed E-state index contributed by atoms with van der Waals surface area (Å²) in [4.78, 5) is 0. The normalized spacial score (nSPS) is 13.8. The van der Waals surface area contributed by atoms with Gasteiger partial charge in [-0.3, -0.25) is 0 Å². The largest absolute Gasteiger partial charge is 0.425 e. The zero-order chi connectivity index (χ0) is 15.3. The number of unbranched alkanes of at least 4 members (excludes halogenated alkanes) is 10. The Kier molecular flexibility index (Phi) is 13.0. The first-order valence-electron chi connectivity index (χ1n) is 9.07. The zero-order valence-corrected chi connectivity index (χ0v) is 17.0. The van der Waals surface area contributed by atoms with E-state index in [1.165, 1.54) is 77.0 Å². The van der Waals surface area contributed by atoms with Gasteiger partial charge >= 0.3 is 0 Å². The highest BCUT2D eigenvalue weighted by Crippen LogP contribution is 2.29. The molecule has 0 N–H and O–H groups in total. The van der Waals surface area contributed by atoms with Gasteiger partial charge in [0, 0.05) is 6.10 Å². The van der Waals surface area contributed by atoms with Crippen molar-refractivity contribution in [1.29, 1.82) is 0 Å². The predicted octanol–water partition coefficient (Wildman–Crippen LogP) is 5.40. The number of hydrogen-bond acceptors (Lipinski definition) is 1. The number of hydrogen-bond donors (Lipinski definition) is 0. The summed E-state index contributed by atoms with van der Waals surface area (Å²) in [5.41, 5.74) is 0.362. The van der Waals surface area contributed by atoms with Crippen LogP contribution in [-0.4, -0.2) is 16.6 Å². The van der Waals surface area contributed by atoms with Crippen molar-refractivity contribution in [3.05, 3.63) is 0 Å². The fourth-order valence-electron chi connectivity index (χ4n) is 2.77. The molecule has 20 heavy (non-hydrogen) atoms. The summed E-state index contributed by atoms with van der Waals surface area (Å²) >= 11 is 0. The van der Waals surface area contributed by atoms with E-state index in [0.717, 1.165) is 10.5 Å². The summed E-state index contributed by atoms with van der Waals surface area (Å²) in [6.07, 6.45) is 17.5. The lowest BCUT2D eigenvalue weighted by molar-refractivity contribution is 0.0882. The Morgan fingerprint density at radius 3 is 1.60 bits per heavy atom. The summed E-state index contributed by atoms with van der Waals surface area (Å²) in [7, 11) is 0.865. The smallest absolute Gasteiger partial charge is 0.146 e. The summed E-state index contributed by atoms with van der Waals surface area (Å²) < 4.78 is 5.60. The second kappa shape index (κ2) is 12.9. The molecular weight excluding hydrogens is 260 g/mol. The summed E-state index contributed by atoms with van der Waals surface area (Å²) in [6.45, 7) is 9.22. The van der Waals surface area contributed by atoms with Gasteiger partial charge in [-0.25, -0.2) is 0 Å². The molecule has 1 nitrogen and oxygen atoms in total. The molecular formula is C18H40OSi. The molecule has 1 unspecified atom stereocenters. The highest BCUT2D eigenvalue weighted by atomic mass is 28.2. The van der Waals surface area contributed by atoms with Gasteiger partial charge in [0.1, 0.15) is 10.5 Å². The lowest BCUT2D eigenvalue weighted by Gasteiger charge is -2.31. The van der Waals surface area contributed by atoms with Crippen LogP contribution in [0.4, 0.5) is 0 Å². The third-order valence-electron chi connectivity index (χ3n) is 4.88. The monoisotopic (exact) mass is 300 g/mol. The van der Waals surface area contributed by atoms with E-state index >= 15 is 0 Å². The Morgan fingerprint density at radius 1 is 0.800 bits per heavy atom. The maximum absolute atomic E-state index is 5.60. The van der Waals surface area contributed by atoms with Crippen molar-refractivity contribution in [1.82, 2.24) is 0 Å². The second-order valence-electron chi connectivity index (χ2n) is 7.15. The Balaban J connectivity index is 3.28. The van der Waals surface area contributed by atoms with Gasteiger partial charge in [0.25, 0.3) is 0 Å². The average Bonchev–Trinajstić information content (AvgIpc) is 2.43. The molecule has 0 spiro atoms. The van der Waals surface area contributed by atoms with Gasteiger partial charge in [-0.15, -0.1) is 0 Å². The standard InChI is InChI=1S/C18H40OSi/c1-5-6-7-8-9-10-11-12-13-14-15-16-18(3,4)17(2)19-20/h17H,5-16H2,1-4,20H3. The Hall–Kier alpha value is 0.177. The van der Waals surface area contributed by atoms with Gasteiger partial charge in [0.15, 0.2) is 0 Å². The fraction of sp³-hybridized carbons (Fsp3) is 1.00. The maximum Gasteiger partial charge on any atom is 0.146 e. The molecule has 0 heterocycles. The minimum absolute atomic E-state index is 0.362. The summed E-state index contributed by atoms with van der Waals surface area (Å²) in [5, 5.41) is 0. The molecule has 0 aliphatic carbocycles. The highest BCUT2D eigenvalue weighted by molar-refractivity contribution is 5.98. The van der Waals surface area contributed by atoms with Gasteiger partial charge in [-0.1, -0.05) is 91.4 Å². The third-order valence-corrected chi connectivity index (χ3v) is 5.59. The predicted molar refractivity (Wildman–Crippen MR) is 95.3 cm³/mol. The van der Waals surface area contributed by atoms with Crippen LogP contribution in [0.25, 0.3) is 0 Å². The van der Waals surface area contributed by atoms with Crippen LogP contribution >= 0.6 is 0 Å². The topological polar surface area (TPSA) is 9.23 Å². The van der Waals surface area contributed by atoms with Crippen LogP contribution in [-0.2, 0) is 4.43 Å². The van der Waals surface area contributed by atoms with Crippen LogP contribution in [0.2, 0.25) is 0 Å². The van der Waals surface area contributed by atoms with E-state index in [1.807, 2.05) is 0 Å². The Bertz CT molecular complexity index is 204. The number of rotatable bonds is 14. The quantitative estimate of drug-likeness (QED) is 0.308. The Labute approximate surface area is 131 Å². The molecule has 0 aliphatic heterocycles. The van der Waals surface area contributed by atoms with E-state index in [-0.39, 0.29) is 0 Å². The molecule has 0 radical (unpaired) electrons. The van der Waals surface area contributed by atoms with Crippen molar-refractivity contribution in [3.63, 3.8) is 0 Å². The second-order valence-corrected chi connectivity index (χ2v) is 7.62. The lowest BCUT2D eigenvalue weighted by Crippen LogP contribution is -2.28. The molecule has 0 aliphatic rings. The van der Waals surface area contributed by atoms with E-state index in [0.29, 0.717) is 11.5 Å². The van der Waals surface area contributed by atoms with Crippen LogP contribution in [0.1, 0.15) is 105 Å². The van der Waals surface area contributed by atoms with E-state index in [4.69, 9.17) is 4.43 Å². The van der Waals surface area contributed by atoms with Crippen LogP contribution < -0.4 is 0 Å². The van der Waals surface area contributed by atoms with Crippen molar-refractivity contribution >= 4 is 10.5 Å². The average molecular weight is 301 g/mol. The Morgan fingerprint density at radius 2 is 1.20 bits per heavy atom. The van der Waals surface area contributed by atoms with Gasteiger partial charge in [0.05, 0.1) is 0 Å². The minimum atomic E-state index is 0.362. The molecule has 0 saturated heterocycles. The van der Waals surface area contributed by atoms with Gasteiger partial charge in [-0.05, 0) is 18.8 Å². The molecule has 1 atom stereocenters. The van der Waals surface area contributed by atoms with Crippen molar-refractivity contribution in [3.8, 4) is 0 Å². The minimum Gasteiger partial charge on any atom is -0.425 e. The van der Waals surface area contributed by atoms with E-state index < -0.39 is 0 Å². The highest BCUT2D eigenvalue weighted by Gasteiger charge is 2.24. The van der Waals surface area contributed by atoms with Crippen LogP contribution in [0.15, 0.2) is 0 Å². The van der Waals surface area contributed by atoms with Gasteiger partial charge < -0.3 is 4.43 Å². The molecule has 0 fully saturated rings. The van der Waals surface area contributed by atoms with Crippen LogP contribution in [0, 0.1) is 5.41 Å². The van der Waals surface area contributed by atoms with E-state index in [9.17, 15) is 0 Å². The molecule has 0 aromatic carbocycles. The molecule has 122 valence electrons. The molecule has 2 heteroatoms. The summed E-state index contributed by atoms with van der Waals surface area (Å²) in [5.74, 6) is 0. The maximum atomic E-state index is 5.60. The lowest BCUT2D eigenvalue weighted by atomic mass is 9.82. The van der Waals surface area contributed by atoms with E-state index in [2.05, 4.69) is 27.7 Å².